The Morgan fingerprint density at radius 2 is 2.00 bits per heavy atom. The van der Waals surface area contributed by atoms with Gasteiger partial charge in [0.15, 0.2) is 0 Å². The number of amides is 2. The number of aromatic nitrogens is 1. The molecule has 140 valence electrons. The molecule has 1 aromatic carbocycles. The fraction of sp³-hybridized carbons (Fsp3) is 0.263. The van der Waals surface area contributed by atoms with Crippen LogP contribution in [0.5, 0.6) is 0 Å². The van der Waals surface area contributed by atoms with Crippen LogP contribution in [0.1, 0.15) is 36.7 Å². The van der Waals surface area contributed by atoms with Crippen molar-refractivity contribution < 1.29 is 14.5 Å². The predicted octanol–water partition coefficient (Wildman–Crippen LogP) is 4.52. The van der Waals surface area contributed by atoms with Crippen LogP contribution < -0.4 is 0 Å². The zero-order chi connectivity index (χ0) is 19.7. The number of nitro groups is 1. The van der Waals surface area contributed by atoms with Crippen LogP contribution in [0.25, 0.3) is 6.08 Å². The molecule has 2 amide bonds. The maximum atomic E-state index is 12.6. The molecule has 2 heterocycles. The van der Waals surface area contributed by atoms with Crippen molar-refractivity contribution in [2.24, 2.45) is 0 Å². The molecule has 1 aliphatic rings. The Kier molecular flexibility index (Phi) is 5.18. The summed E-state index contributed by atoms with van der Waals surface area (Å²) in [5.74, 6) is -0.383. The van der Waals surface area contributed by atoms with Crippen molar-refractivity contribution in [2.75, 3.05) is 0 Å². The maximum Gasteiger partial charge on any atom is 0.293 e. The topological polar surface area (TPSA) is 85.5 Å². The molecule has 1 aliphatic heterocycles. The van der Waals surface area contributed by atoms with E-state index in [0.29, 0.717) is 16.5 Å². The maximum absolute atomic E-state index is 12.6. The predicted molar refractivity (Wildman–Crippen MR) is 104 cm³/mol. The molecule has 0 unspecified atom stereocenters. The Hall–Kier alpha value is -2.87. The fourth-order valence-electron chi connectivity index (χ4n) is 2.99. The van der Waals surface area contributed by atoms with Crippen LogP contribution in [-0.4, -0.2) is 25.5 Å². The number of rotatable bonds is 5. The van der Waals surface area contributed by atoms with E-state index in [4.69, 9.17) is 0 Å². The molecule has 0 atom stereocenters. The van der Waals surface area contributed by atoms with Gasteiger partial charge in [0.2, 0.25) is 0 Å². The van der Waals surface area contributed by atoms with E-state index in [0.717, 1.165) is 27.9 Å². The summed E-state index contributed by atoms with van der Waals surface area (Å²) < 4.78 is 2.10. The van der Waals surface area contributed by atoms with Crippen LogP contribution >= 0.6 is 11.8 Å². The van der Waals surface area contributed by atoms with E-state index in [2.05, 4.69) is 18.4 Å². The summed E-state index contributed by atoms with van der Waals surface area (Å²) in [6, 6.07) is 8.22. The highest BCUT2D eigenvalue weighted by atomic mass is 32.2. The van der Waals surface area contributed by atoms with Gasteiger partial charge in [-0.3, -0.25) is 24.6 Å². The number of hydrogen-bond acceptors (Lipinski definition) is 5. The van der Waals surface area contributed by atoms with Gasteiger partial charge in [-0.2, -0.15) is 0 Å². The second kappa shape index (κ2) is 7.40. The van der Waals surface area contributed by atoms with Gasteiger partial charge in [0.05, 0.1) is 16.4 Å². The van der Waals surface area contributed by atoms with Crippen LogP contribution in [0.3, 0.4) is 0 Å². The lowest BCUT2D eigenvalue weighted by atomic mass is 10.2. The highest BCUT2D eigenvalue weighted by molar-refractivity contribution is 8.18. The molecule has 0 saturated carbocycles. The van der Waals surface area contributed by atoms with E-state index in [9.17, 15) is 19.7 Å². The molecular weight excluding hydrogens is 366 g/mol. The Morgan fingerprint density at radius 3 is 2.63 bits per heavy atom. The van der Waals surface area contributed by atoms with Crippen molar-refractivity contribution in [2.45, 2.75) is 33.4 Å². The monoisotopic (exact) mass is 385 g/mol. The van der Waals surface area contributed by atoms with Crippen molar-refractivity contribution in [3.05, 3.63) is 68.4 Å². The van der Waals surface area contributed by atoms with Gasteiger partial charge in [0.25, 0.3) is 16.8 Å². The molecule has 0 N–H and O–H groups in total. The first-order valence-corrected chi connectivity index (χ1v) is 9.25. The molecule has 0 bridgehead atoms. The average molecular weight is 385 g/mol. The number of benzene rings is 1. The molecule has 8 heteroatoms. The molecular formula is C19H19N3O4S. The lowest BCUT2D eigenvalue weighted by Gasteiger charge is -2.12. The second-order valence-corrected chi connectivity index (χ2v) is 7.60. The van der Waals surface area contributed by atoms with E-state index in [-0.39, 0.29) is 23.4 Å². The number of hydrogen-bond donors (Lipinski definition) is 0. The average Bonchev–Trinajstić information content (AvgIpc) is 3.10. The van der Waals surface area contributed by atoms with Crippen LogP contribution in [0.4, 0.5) is 10.5 Å². The number of nitro benzene ring substituents is 1. The number of aryl methyl sites for hydroxylation is 1. The Balaban J connectivity index is 1.82. The van der Waals surface area contributed by atoms with Crippen molar-refractivity contribution in [3.63, 3.8) is 0 Å². The van der Waals surface area contributed by atoms with Gasteiger partial charge in [0.1, 0.15) is 0 Å². The molecule has 0 spiro atoms. The van der Waals surface area contributed by atoms with Gasteiger partial charge in [-0.25, -0.2) is 0 Å². The van der Waals surface area contributed by atoms with E-state index in [1.807, 2.05) is 19.2 Å². The zero-order valence-electron chi connectivity index (χ0n) is 15.2. The summed E-state index contributed by atoms with van der Waals surface area (Å²) in [7, 11) is 0. The Labute approximate surface area is 160 Å². The molecule has 27 heavy (non-hydrogen) atoms. The summed E-state index contributed by atoms with van der Waals surface area (Å²) in [6.45, 7) is 6.15. The van der Waals surface area contributed by atoms with E-state index < -0.39 is 4.92 Å². The van der Waals surface area contributed by atoms with Crippen LogP contribution in [0, 0.1) is 17.0 Å². The lowest BCUT2D eigenvalue weighted by Crippen LogP contribution is -2.27. The van der Waals surface area contributed by atoms with Gasteiger partial charge in [-0.05, 0) is 55.8 Å². The van der Waals surface area contributed by atoms with Crippen molar-refractivity contribution >= 4 is 34.7 Å². The first kappa shape index (κ1) is 18.9. The largest absolute Gasteiger partial charge is 0.349 e. The van der Waals surface area contributed by atoms with Gasteiger partial charge in [-0.15, -0.1) is 0 Å². The third-order valence-corrected chi connectivity index (χ3v) is 5.17. The number of nitrogens with zero attached hydrogens (tertiary/aromatic N) is 3. The minimum atomic E-state index is -0.501. The molecule has 0 aliphatic carbocycles. The number of thioether (sulfide) groups is 1. The summed E-state index contributed by atoms with van der Waals surface area (Å²) in [5, 5.41) is 10.5. The molecule has 1 saturated heterocycles. The van der Waals surface area contributed by atoms with Crippen molar-refractivity contribution in [1.82, 2.24) is 9.47 Å². The van der Waals surface area contributed by atoms with Crippen molar-refractivity contribution in [3.8, 4) is 0 Å². The molecule has 3 rings (SSSR count). The van der Waals surface area contributed by atoms with E-state index in [1.54, 1.807) is 18.2 Å². The molecule has 0 radical (unpaired) electrons. The minimum absolute atomic E-state index is 0.00964. The summed E-state index contributed by atoms with van der Waals surface area (Å²) >= 11 is 0.885. The quantitative estimate of drug-likeness (QED) is 0.429. The number of imide groups is 1. The van der Waals surface area contributed by atoms with Crippen LogP contribution in [0.2, 0.25) is 0 Å². The fourth-order valence-corrected chi connectivity index (χ4v) is 3.83. The highest BCUT2D eigenvalue weighted by Gasteiger charge is 2.35. The first-order valence-electron chi connectivity index (χ1n) is 8.43. The molecule has 1 aromatic heterocycles. The van der Waals surface area contributed by atoms with Gasteiger partial charge in [0, 0.05) is 30.1 Å². The summed E-state index contributed by atoms with van der Waals surface area (Å²) in [4.78, 5) is 36.8. The van der Waals surface area contributed by atoms with E-state index in [1.165, 1.54) is 12.1 Å². The Bertz CT molecular complexity index is 962. The molecule has 2 aromatic rings. The minimum Gasteiger partial charge on any atom is -0.349 e. The van der Waals surface area contributed by atoms with Crippen LogP contribution in [-0.2, 0) is 11.3 Å². The number of carbonyl (C=O) groups is 2. The first-order chi connectivity index (χ1) is 12.8. The Morgan fingerprint density at radius 1 is 1.26 bits per heavy atom. The zero-order valence-corrected chi connectivity index (χ0v) is 16.0. The molecule has 7 nitrogen and oxygen atoms in total. The van der Waals surface area contributed by atoms with E-state index >= 15 is 0 Å². The number of carbonyl (C=O) groups excluding carboxylic acids is 2. The third kappa shape index (κ3) is 3.95. The van der Waals surface area contributed by atoms with Crippen LogP contribution in [0.15, 0.2) is 41.4 Å². The third-order valence-electron chi connectivity index (χ3n) is 4.26. The normalized spacial score (nSPS) is 16.0. The van der Waals surface area contributed by atoms with Crippen molar-refractivity contribution in [1.29, 1.82) is 0 Å². The van der Waals surface area contributed by atoms with Gasteiger partial charge >= 0.3 is 0 Å². The van der Waals surface area contributed by atoms with Gasteiger partial charge < -0.3 is 4.57 Å². The summed E-state index contributed by atoms with van der Waals surface area (Å²) in [6.07, 6.45) is 3.67. The summed E-state index contributed by atoms with van der Waals surface area (Å²) in [5.41, 5.74) is 2.41. The standard InChI is InChI=1S/C19H19N3O4S/c1-12(2)20-11-15(7-13(20)3)9-17-18(23)21(19(24)27-17)10-14-5-4-6-16(8-14)22(25)26/h4-9,11-12H,10H2,1-3H3/b17-9+. The second-order valence-electron chi connectivity index (χ2n) is 6.61. The lowest BCUT2D eigenvalue weighted by molar-refractivity contribution is -0.384. The number of non-ortho nitro benzene ring substituents is 1. The highest BCUT2D eigenvalue weighted by Crippen LogP contribution is 2.34. The smallest absolute Gasteiger partial charge is 0.293 e. The molecule has 1 fully saturated rings. The SMILES string of the molecule is Cc1cc(/C=C2/SC(=O)N(Cc3cccc([N+](=O)[O-])c3)C2=O)cn1C(C)C. The van der Waals surface area contributed by atoms with Gasteiger partial charge in [-0.1, -0.05) is 12.1 Å².